The van der Waals surface area contributed by atoms with E-state index in [2.05, 4.69) is 24.1 Å². The van der Waals surface area contributed by atoms with Crippen molar-refractivity contribution in [2.75, 3.05) is 11.6 Å². The first-order valence-corrected chi connectivity index (χ1v) is 9.22. The van der Waals surface area contributed by atoms with E-state index in [1.807, 2.05) is 24.3 Å². The van der Waals surface area contributed by atoms with Crippen LogP contribution in [-0.2, 0) is 16.6 Å². The van der Waals surface area contributed by atoms with Gasteiger partial charge in [0.15, 0.2) is 0 Å². The Labute approximate surface area is 131 Å². The third kappa shape index (κ3) is 4.47. The summed E-state index contributed by atoms with van der Waals surface area (Å²) in [6, 6.07) is 7.40. The minimum atomic E-state index is -0.899. The number of anilines is 1. The molecule has 0 fully saturated rings. The highest BCUT2D eigenvalue weighted by atomic mass is 32.2. The summed E-state index contributed by atoms with van der Waals surface area (Å²) in [7, 11) is -0.899. The number of aromatic nitrogens is 1. The second-order valence-corrected chi connectivity index (χ2v) is 7.42. The Hall–Kier alpha value is -1.53. The van der Waals surface area contributed by atoms with Gasteiger partial charge in [0, 0.05) is 39.8 Å². The molecule has 2 rings (SSSR count). The number of rotatable bonds is 5. The van der Waals surface area contributed by atoms with Gasteiger partial charge in [-0.25, -0.2) is 4.98 Å². The van der Waals surface area contributed by atoms with Crippen molar-refractivity contribution < 1.29 is 9.00 Å². The number of benzene rings is 1. The van der Waals surface area contributed by atoms with Crippen LogP contribution < -0.4 is 5.32 Å². The van der Waals surface area contributed by atoms with Gasteiger partial charge in [0.2, 0.25) is 0 Å². The van der Waals surface area contributed by atoms with Crippen molar-refractivity contribution in [2.45, 2.75) is 25.5 Å². The van der Waals surface area contributed by atoms with Gasteiger partial charge in [-0.15, -0.1) is 11.3 Å². The number of amides is 1. The molecule has 0 bridgehead atoms. The molecule has 0 aliphatic carbocycles. The molecule has 6 heteroatoms. The molecule has 1 aromatic heterocycles. The highest BCUT2D eigenvalue weighted by Gasteiger charge is 2.13. The lowest BCUT2D eigenvalue weighted by Crippen LogP contribution is -2.12. The predicted molar refractivity (Wildman–Crippen MR) is 88.4 cm³/mol. The third-order valence-electron chi connectivity index (χ3n) is 2.80. The molecule has 0 spiro atoms. The van der Waals surface area contributed by atoms with Gasteiger partial charge in [0.25, 0.3) is 5.91 Å². The maximum absolute atomic E-state index is 12.2. The van der Waals surface area contributed by atoms with Crippen LogP contribution in [0.25, 0.3) is 0 Å². The van der Waals surface area contributed by atoms with E-state index in [0.717, 1.165) is 10.6 Å². The third-order valence-corrected chi connectivity index (χ3v) is 4.69. The average molecular weight is 322 g/mol. The van der Waals surface area contributed by atoms with E-state index < -0.39 is 10.8 Å². The first-order chi connectivity index (χ1) is 9.95. The van der Waals surface area contributed by atoms with E-state index in [4.69, 9.17) is 0 Å². The summed E-state index contributed by atoms with van der Waals surface area (Å²) in [5, 5.41) is 5.56. The van der Waals surface area contributed by atoms with Crippen molar-refractivity contribution in [2.24, 2.45) is 0 Å². The minimum Gasteiger partial charge on any atom is -0.321 e. The van der Waals surface area contributed by atoms with Crippen molar-refractivity contribution in [1.29, 1.82) is 0 Å². The second kappa shape index (κ2) is 6.95. The lowest BCUT2D eigenvalue weighted by atomic mass is 10.2. The maximum Gasteiger partial charge on any atom is 0.275 e. The first kappa shape index (κ1) is 15.9. The molecule has 1 heterocycles. The Kier molecular flexibility index (Phi) is 5.25. The molecule has 1 aromatic carbocycles. The Morgan fingerprint density at radius 2 is 2.19 bits per heavy atom. The number of hydrogen-bond acceptors (Lipinski definition) is 4. The zero-order valence-electron chi connectivity index (χ0n) is 12.3. The van der Waals surface area contributed by atoms with Gasteiger partial charge in [0.05, 0.1) is 5.01 Å². The zero-order valence-corrected chi connectivity index (χ0v) is 13.9. The topological polar surface area (TPSA) is 59.1 Å². The van der Waals surface area contributed by atoms with Crippen LogP contribution in [0.5, 0.6) is 0 Å². The molecule has 1 unspecified atom stereocenters. The maximum atomic E-state index is 12.2. The lowest BCUT2D eigenvalue weighted by Gasteiger charge is -2.05. The summed E-state index contributed by atoms with van der Waals surface area (Å²) < 4.78 is 11.2. The Balaban J connectivity index is 2.09. The Bertz CT molecular complexity index is 665. The molecule has 0 saturated heterocycles. The second-order valence-electron chi connectivity index (χ2n) is 5.10. The number of hydrogen-bond donors (Lipinski definition) is 1. The zero-order chi connectivity index (χ0) is 15.4. The Morgan fingerprint density at radius 3 is 2.81 bits per heavy atom. The molecule has 0 aliphatic heterocycles. The molecule has 2 aromatic rings. The molecule has 21 heavy (non-hydrogen) atoms. The summed E-state index contributed by atoms with van der Waals surface area (Å²) >= 11 is 1.50. The number of thiazole rings is 1. The molecule has 0 saturated carbocycles. The largest absolute Gasteiger partial charge is 0.321 e. The van der Waals surface area contributed by atoms with E-state index >= 15 is 0 Å². The quantitative estimate of drug-likeness (QED) is 0.918. The Morgan fingerprint density at radius 1 is 1.43 bits per heavy atom. The van der Waals surface area contributed by atoms with Gasteiger partial charge >= 0.3 is 0 Å². The molecule has 1 atom stereocenters. The fourth-order valence-corrected chi connectivity index (χ4v) is 3.29. The normalized spacial score (nSPS) is 12.4. The summed E-state index contributed by atoms with van der Waals surface area (Å²) in [4.78, 5) is 16.5. The van der Waals surface area contributed by atoms with E-state index in [0.29, 0.717) is 23.1 Å². The minimum absolute atomic E-state index is 0.215. The van der Waals surface area contributed by atoms with Crippen LogP contribution in [0.3, 0.4) is 0 Å². The van der Waals surface area contributed by atoms with Gasteiger partial charge in [0.1, 0.15) is 5.69 Å². The highest BCUT2D eigenvalue weighted by molar-refractivity contribution is 7.83. The molecule has 112 valence electrons. The molecule has 4 nitrogen and oxygen atoms in total. The van der Waals surface area contributed by atoms with Crippen molar-refractivity contribution in [3.8, 4) is 0 Å². The summed E-state index contributed by atoms with van der Waals surface area (Å²) in [6.07, 6.45) is 1.66. The molecule has 1 N–H and O–H groups in total. The SMILES string of the molecule is CC(C)c1nc(C(=O)Nc2cccc(CS(C)=O)c2)cs1. The average Bonchev–Trinajstić information content (AvgIpc) is 2.88. The van der Waals surface area contributed by atoms with Gasteiger partial charge in [-0.1, -0.05) is 26.0 Å². The van der Waals surface area contributed by atoms with Gasteiger partial charge in [-0.3, -0.25) is 9.00 Å². The van der Waals surface area contributed by atoms with E-state index in [-0.39, 0.29) is 5.91 Å². The van der Waals surface area contributed by atoms with Crippen LogP contribution >= 0.6 is 11.3 Å². The summed E-state index contributed by atoms with van der Waals surface area (Å²) in [6.45, 7) is 4.10. The summed E-state index contributed by atoms with van der Waals surface area (Å²) in [5.41, 5.74) is 2.07. The monoisotopic (exact) mass is 322 g/mol. The van der Waals surface area contributed by atoms with E-state index in [1.165, 1.54) is 11.3 Å². The lowest BCUT2D eigenvalue weighted by molar-refractivity contribution is 0.102. The van der Waals surface area contributed by atoms with E-state index in [1.54, 1.807) is 11.6 Å². The van der Waals surface area contributed by atoms with Crippen LogP contribution in [0.4, 0.5) is 5.69 Å². The smallest absolute Gasteiger partial charge is 0.275 e. The standard InChI is InChI=1S/C15H18N2O2S2/c1-10(2)15-17-13(8-20-15)14(18)16-12-6-4-5-11(7-12)9-21(3)19/h4-8,10H,9H2,1-3H3,(H,16,18). The van der Waals surface area contributed by atoms with Gasteiger partial charge in [-0.05, 0) is 17.7 Å². The number of nitrogens with zero attached hydrogens (tertiary/aromatic N) is 1. The van der Waals surface area contributed by atoms with Crippen LogP contribution in [-0.4, -0.2) is 21.4 Å². The molecular weight excluding hydrogens is 304 g/mol. The molecule has 0 aliphatic rings. The number of nitrogens with one attached hydrogen (secondary N) is 1. The molecular formula is C15H18N2O2S2. The van der Waals surface area contributed by atoms with Crippen molar-refractivity contribution in [3.05, 3.63) is 45.9 Å². The fourth-order valence-electron chi connectivity index (χ4n) is 1.83. The van der Waals surface area contributed by atoms with Crippen LogP contribution in [0, 0.1) is 0 Å². The first-order valence-electron chi connectivity index (χ1n) is 6.61. The molecule has 0 radical (unpaired) electrons. The highest BCUT2D eigenvalue weighted by Crippen LogP contribution is 2.20. The number of carbonyl (C=O) groups excluding carboxylic acids is 1. The van der Waals surface area contributed by atoms with Crippen LogP contribution in [0.2, 0.25) is 0 Å². The van der Waals surface area contributed by atoms with Gasteiger partial charge in [-0.2, -0.15) is 0 Å². The van der Waals surface area contributed by atoms with Crippen molar-refractivity contribution in [3.63, 3.8) is 0 Å². The summed E-state index contributed by atoms with van der Waals surface area (Å²) in [5.74, 6) is 0.588. The number of carbonyl (C=O) groups is 1. The van der Waals surface area contributed by atoms with E-state index in [9.17, 15) is 9.00 Å². The predicted octanol–water partition coefficient (Wildman–Crippen LogP) is 3.40. The van der Waals surface area contributed by atoms with Gasteiger partial charge < -0.3 is 5.32 Å². The van der Waals surface area contributed by atoms with Crippen LogP contribution in [0.15, 0.2) is 29.6 Å². The fraction of sp³-hybridized carbons (Fsp3) is 0.333. The van der Waals surface area contributed by atoms with Crippen molar-refractivity contribution >= 4 is 33.7 Å². The van der Waals surface area contributed by atoms with Crippen LogP contribution in [0.1, 0.15) is 40.8 Å². The molecule has 1 amide bonds. The van der Waals surface area contributed by atoms with Crippen molar-refractivity contribution in [1.82, 2.24) is 4.98 Å².